The van der Waals surface area contributed by atoms with Crippen LogP contribution >= 0.6 is 11.3 Å². The number of aliphatic hydroxyl groups excluding tert-OH is 1. The van der Waals surface area contributed by atoms with E-state index in [4.69, 9.17) is 0 Å². The number of nitrogens with zero attached hydrogens (tertiary/aromatic N) is 1. The monoisotopic (exact) mass is 304 g/mol. The minimum atomic E-state index is -0.652. The molecule has 4 nitrogen and oxygen atoms in total. The minimum Gasteiger partial charge on any atom is -0.394 e. The lowest BCUT2D eigenvalue weighted by molar-refractivity contribution is 0.0865. The fourth-order valence-electron chi connectivity index (χ4n) is 1.97. The number of thiazole rings is 1. The van der Waals surface area contributed by atoms with Gasteiger partial charge >= 0.3 is 0 Å². The normalized spacial score (nSPS) is 11.5. The van der Waals surface area contributed by atoms with Crippen molar-refractivity contribution >= 4 is 17.2 Å². The van der Waals surface area contributed by atoms with E-state index in [0.29, 0.717) is 5.69 Å². The molecule has 0 aliphatic rings. The molecule has 0 bridgehead atoms. The summed E-state index contributed by atoms with van der Waals surface area (Å²) >= 11 is 1.45. The summed E-state index contributed by atoms with van der Waals surface area (Å²) in [5.74, 6) is -0.263. The minimum absolute atomic E-state index is 0.118. The highest BCUT2D eigenvalue weighted by atomic mass is 32.1. The van der Waals surface area contributed by atoms with E-state index < -0.39 is 5.54 Å². The van der Waals surface area contributed by atoms with Crippen LogP contribution in [0.1, 0.15) is 35.5 Å². The average Bonchev–Trinajstić information content (AvgIpc) is 2.88. The van der Waals surface area contributed by atoms with Gasteiger partial charge in [-0.1, -0.05) is 23.8 Å². The Morgan fingerprint density at radius 1 is 1.38 bits per heavy atom. The number of aromatic nitrogens is 1. The molecular formula is C16H20N2O2S. The summed E-state index contributed by atoms with van der Waals surface area (Å²) < 4.78 is 0. The number of carbonyl (C=O) groups excluding carboxylic acids is 1. The van der Waals surface area contributed by atoms with E-state index in [-0.39, 0.29) is 12.5 Å². The maximum absolute atomic E-state index is 12.1. The van der Waals surface area contributed by atoms with Crippen molar-refractivity contribution in [2.75, 3.05) is 6.61 Å². The van der Waals surface area contributed by atoms with Crippen LogP contribution in [-0.4, -0.2) is 28.1 Å². The standard InChI is InChI=1S/C16H20N2O2S/c1-10-5-6-12(11(2)7-10)15-17-13(8-21-15)14(20)18-16(3,4)9-19/h5-8,19H,9H2,1-4H3,(H,18,20). The van der Waals surface area contributed by atoms with Crippen molar-refractivity contribution in [2.24, 2.45) is 0 Å². The number of nitrogens with one attached hydrogen (secondary N) is 1. The second kappa shape index (κ2) is 5.95. The maximum Gasteiger partial charge on any atom is 0.271 e. The predicted molar refractivity (Wildman–Crippen MR) is 85.7 cm³/mol. The summed E-state index contributed by atoms with van der Waals surface area (Å²) in [5, 5.41) is 14.5. The van der Waals surface area contributed by atoms with Crippen LogP contribution in [-0.2, 0) is 0 Å². The molecule has 0 atom stereocenters. The molecule has 21 heavy (non-hydrogen) atoms. The first-order valence-electron chi connectivity index (χ1n) is 6.79. The topological polar surface area (TPSA) is 62.2 Å². The van der Waals surface area contributed by atoms with Crippen LogP contribution in [0.2, 0.25) is 0 Å². The fourth-order valence-corrected chi connectivity index (χ4v) is 2.86. The Labute approximate surface area is 128 Å². The van der Waals surface area contributed by atoms with Crippen LogP contribution in [0.3, 0.4) is 0 Å². The van der Waals surface area contributed by atoms with Crippen molar-refractivity contribution in [3.63, 3.8) is 0 Å². The van der Waals surface area contributed by atoms with Gasteiger partial charge in [0.05, 0.1) is 12.1 Å². The van der Waals surface area contributed by atoms with Crippen molar-refractivity contribution in [3.05, 3.63) is 40.4 Å². The largest absolute Gasteiger partial charge is 0.394 e. The number of aryl methyl sites for hydroxylation is 2. The highest BCUT2D eigenvalue weighted by Gasteiger charge is 2.22. The highest BCUT2D eigenvalue weighted by molar-refractivity contribution is 7.13. The molecular weight excluding hydrogens is 284 g/mol. The van der Waals surface area contributed by atoms with Crippen LogP contribution in [0.15, 0.2) is 23.6 Å². The van der Waals surface area contributed by atoms with E-state index >= 15 is 0 Å². The lowest BCUT2D eigenvalue weighted by Crippen LogP contribution is -2.46. The number of amides is 1. The van der Waals surface area contributed by atoms with Crippen LogP contribution in [0.25, 0.3) is 10.6 Å². The number of benzene rings is 1. The first-order chi connectivity index (χ1) is 9.82. The Balaban J connectivity index is 2.24. The molecule has 112 valence electrons. The Bertz CT molecular complexity index is 662. The van der Waals surface area contributed by atoms with Gasteiger partial charge in [0, 0.05) is 10.9 Å². The summed E-state index contributed by atoms with van der Waals surface area (Å²) in [5.41, 5.74) is 3.13. The molecule has 2 rings (SSSR count). The zero-order chi connectivity index (χ0) is 15.6. The summed E-state index contributed by atoms with van der Waals surface area (Å²) in [4.78, 5) is 16.5. The van der Waals surface area contributed by atoms with E-state index in [1.165, 1.54) is 16.9 Å². The predicted octanol–water partition coefficient (Wildman–Crippen LogP) is 2.93. The van der Waals surface area contributed by atoms with E-state index in [2.05, 4.69) is 23.3 Å². The maximum atomic E-state index is 12.1. The number of rotatable bonds is 4. The van der Waals surface area contributed by atoms with E-state index in [9.17, 15) is 9.90 Å². The molecule has 5 heteroatoms. The van der Waals surface area contributed by atoms with Crippen molar-refractivity contribution in [2.45, 2.75) is 33.2 Å². The van der Waals surface area contributed by atoms with Gasteiger partial charge in [0.25, 0.3) is 5.91 Å². The van der Waals surface area contributed by atoms with Gasteiger partial charge in [-0.05, 0) is 33.3 Å². The molecule has 1 amide bonds. The molecule has 0 saturated heterocycles. The first kappa shape index (κ1) is 15.7. The van der Waals surface area contributed by atoms with Crippen molar-refractivity contribution in [3.8, 4) is 10.6 Å². The summed E-state index contributed by atoms with van der Waals surface area (Å²) in [6.07, 6.45) is 0. The van der Waals surface area contributed by atoms with Gasteiger partial charge in [-0.2, -0.15) is 0 Å². The zero-order valence-electron chi connectivity index (χ0n) is 12.7. The number of hydrogen-bond acceptors (Lipinski definition) is 4. The molecule has 1 aromatic heterocycles. The van der Waals surface area contributed by atoms with Crippen LogP contribution < -0.4 is 5.32 Å². The summed E-state index contributed by atoms with van der Waals surface area (Å²) in [6, 6.07) is 6.17. The van der Waals surface area contributed by atoms with Gasteiger partial charge in [-0.15, -0.1) is 11.3 Å². The molecule has 0 spiro atoms. The summed E-state index contributed by atoms with van der Waals surface area (Å²) in [6.45, 7) is 7.50. The third-order valence-electron chi connectivity index (χ3n) is 3.20. The van der Waals surface area contributed by atoms with Crippen LogP contribution in [0.5, 0.6) is 0 Å². The third kappa shape index (κ3) is 3.68. The van der Waals surface area contributed by atoms with Gasteiger partial charge in [-0.3, -0.25) is 4.79 Å². The molecule has 2 N–H and O–H groups in total. The third-order valence-corrected chi connectivity index (χ3v) is 4.07. The molecule has 1 heterocycles. The lowest BCUT2D eigenvalue weighted by atomic mass is 10.1. The first-order valence-corrected chi connectivity index (χ1v) is 7.67. The van der Waals surface area contributed by atoms with Gasteiger partial charge < -0.3 is 10.4 Å². The fraction of sp³-hybridized carbons (Fsp3) is 0.375. The van der Waals surface area contributed by atoms with Gasteiger partial charge in [0.1, 0.15) is 10.7 Å². The van der Waals surface area contributed by atoms with Gasteiger partial charge in [0.15, 0.2) is 0 Å². The van der Waals surface area contributed by atoms with Crippen molar-refractivity contribution < 1.29 is 9.90 Å². The zero-order valence-corrected chi connectivity index (χ0v) is 13.5. The second-order valence-electron chi connectivity index (χ2n) is 5.85. The highest BCUT2D eigenvalue weighted by Crippen LogP contribution is 2.27. The van der Waals surface area contributed by atoms with E-state index in [0.717, 1.165) is 16.1 Å². The number of aliphatic hydroxyl groups is 1. The molecule has 0 radical (unpaired) electrons. The van der Waals surface area contributed by atoms with Crippen molar-refractivity contribution in [1.29, 1.82) is 0 Å². The Morgan fingerprint density at radius 2 is 2.10 bits per heavy atom. The molecule has 1 aromatic carbocycles. The molecule has 0 aliphatic heterocycles. The molecule has 0 saturated carbocycles. The van der Waals surface area contributed by atoms with Gasteiger partial charge in [0.2, 0.25) is 0 Å². The molecule has 0 fully saturated rings. The summed E-state index contributed by atoms with van der Waals surface area (Å²) in [7, 11) is 0. The van der Waals surface area contributed by atoms with Crippen LogP contribution in [0.4, 0.5) is 0 Å². The molecule has 0 unspecified atom stereocenters. The van der Waals surface area contributed by atoms with E-state index in [1.807, 2.05) is 19.1 Å². The average molecular weight is 304 g/mol. The Morgan fingerprint density at radius 3 is 2.71 bits per heavy atom. The quantitative estimate of drug-likeness (QED) is 0.913. The Hall–Kier alpha value is -1.72. The smallest absolute Gasteiger partial charge is 0.271 e. The van der Waals surface area contributed by atoms with Crippen LogP contribution in [0, 0.1) is 13.8 Å². The number of carbonyl (C=O) groups is 1. The molecule has 0 aliphatic carbocycles. The Kier molecular flexibility index (Phi) is 4.44. The number of hydrogen-bond donors (Lipinski definition) is 2. The molecule has 2 aromatic rings. The second-order valence-corrected chi connectivity index (χ2v) is 6.71. The van der Waals surface area contributed by atoms with Crippen molar-refractivity contribution in [1.82, 2.24) is 10.3 Å². The SMILES string of the molecule is Cc1ccc(-c2nc(C(=O)NC(C)(C)CO)cs2)c(C)c1. The lowest BCUT2D eigenvalue weighted by Gasteiger charge is -2.22. The van der Waals surface area contributed by atoms with E-state index in [1.54, 1.807) is 19.2 Å². The van der Waals surface area contributed by atoms with Gasteiger partial charge in [-0.25, -0.2) is 4.98 Å².